The molecule has 1 amide bonds. The van der Waals surface area contributed by atoms with Crippen molar-refractivity contribution in [3.05, 3.63) is 58.9 Å². The van der Waals surface area contributed by atoms with Gasteiger partial charge in [0, 0.05) is 37.1 Å². The summed E-state index contributed by atoms with van der Waals surface area (Å²) in [6.45, 7) is 5.09. The van der Waals surface area contributed by atoms with Crippen molar-refractivity contribution < 1.29 is 9.59 Å². The number of aromatic nitrogens is 2. The fraction of sp³-hybridized carbons (Fsp3) is 0.407. The SMILES string of the molecule is Cc1c(C(=O)CN2CCCCC2)c2ncc(CCC(=O)NCCN)cc2n1-c1ccc(C#N)cc1. The Kier molecular flexibility index (Phi) is 7.91. The fourth-order valence-corrected chi connectivity index (χ4v) is 4.77. The van der Waals surface area contributed by atoms with Crippen molar-refractivity contribution in [2.75, 3.05) is 32.7 Å². The average Bonchev–Trinajstić information content (AvgIpc) is 3.17. The summed E-state index contributed by atoms with van der Waals surface area (Å²) >= 11 is 0. The van der Waals surface area contributed by atoms with Crippen LogP contribution in [-0.4, -0.2) is 58.9 Å². The molecule has 1 aromatic carbocycles. The largest absolute Gasteiger partial charge is 0.355 e. The van der Waals surface area contributed by atoms with Crippen molar-refractivity contribution in [1.82, 2.24) is 19.8 Å². The minimum Gasteiger partial charge on any atom is -0.355 e. The highest BCUT2D eigenvalue weighted by Crippen LogP contribution is 2.30. The van der Waals surface area contributed by atoms with Gasteiger partial charge in [-0.15, -0.1) is 0 Å². The minimum atomic E-state index is -0.0494. The van der Waals surface area contributed by atoms with Crippen LogP contribution in [0.3, 0.4) is 0 Å². The first kappa shape index (κ1) is 24.6. The molecule has 3 aromatic rings. The van der Waals surface area contributed by atoms with Gasteiger partial charge in [-0.05, 0) is 75.2 Å². The number of ketones is 1. The number of Topliss-reactive ketones (excluding diaryl/α,β-unsaturated/α-hetero) is 1. The molecule has 0 bridgehead atoms. The van der Waals surface area contributed by atoms with Crippen LogP contribution in [0.1, 0.15) is 52.9 Å². The number of hydrogen-bond acceptors (Lipinski definition) is 6. The van der Waals surface area contributed by atoms with E-state index in [2.05, 4.69) is 16.3 Å². The topological polar surface area (TPSA) is 117 Å². The third-order valence-electron chi connectivity index (χ3n) is 6.56. The van der Waals surface area contributed by atoms with Gasteiger partial charge in [-0.3, -0.25) is 19.5 Å². The molecular weight excluding hydrogens is 440 g/mol. The molecule has 8 heteroatoms. The molecule has 4 rings (SSSR count). The van der Waals surface area contributed by atoms with Crippen molar-refractivity contribution in [2.45, 2.75) is 39.0 Å². The van der Waals surface area contributed by atoms with Gasteiger partial charge in [0.05, 0.1) is 34.8 Å². The van der Waals surface area contributed by atoms with Crippen molar-refractivity contribution >= 4 is 22.7 Å². The van der Waals surface area contributed by atoms with Crippen molar-refractivity contribution in [2.24, 2.45) is 5.73 Å². The van der Waals surface area contributed by atoms with Crippen molar-refractivity contribution in [3.8, 4) is 11.8 Å². The number of nitrogens with one attached hydrogen (secondary N) is 1. The van der Waals surface area contributed by atoms with Crippen LogP contribution in [0.2, 0.25) is 0 Å². The lowest BCUT2D eigenvalue weighted by Gasteiger charge is -2.25. The van der Waals surface area contributed by atoms with Gasteiger partial charge in [-0.1, -0.05) is 6.42 Å². The van der Waals surface area contributed by atoms with Gasteiger partial charge >= 0.3 is 0 Å². The molecule has 3 N–H and O–H groups in total. The fourth-order valence-electron chi connectivity index (χ4n) is 4.77. The smallest absolute Gasteiger partial charge is 0.220 e. The number of nitrogens with two attached hydrogens (primary N) is 1. The zero-order chi connectivity index (χ0) is 24.8. The normalized spacial score (nSPS) is 14.1. The van der Waals surface area contributed by atoms with E-state index in [1.54, 1.807) is 18.3 Å². The van der Waals surface area contributed by atoms with Gasteiger partial charge in [-0.25, -0.2) is 0 Å². The third kappa shape index (κ3) is 5.59. The van der Waals surface area contributed by atoms with Crippen molar-refractivity contribution in [1.29, 1.82) is 5.26 Å². The second-order valence-electron chi connectivity index (χ2n) is 9.06. The lowest BCUT2D eigenvalue weighted by molar-refractivity contribution is -0.121. The molecule has 2 aromatic heterocycles. The van der Waals surface area contributed by atoms with Gasteiger partial charge in [0.2, 0.25) is 5.91 Å². The number of benzene rings is 1. The molecule has 3 heterocycles. The molecule has 0 atom stereocenters. The van der Waals surface area contributed by atoms with E-state index in [0.717, 1.165) is 48.4 Å². The number of likely N-dealkylation sites (tertiary alicyclic amines) is 1. The van der Waals surface area contributed by atoms with Gasteiger partial charge < -0.3 is 15.6 Å². The van der Waals surface area contributed by atoms with Crippen LogP contribution in [-0.2, 0) is 11.2 Å². The van der Waals surface area contributed by atoms with E-state index in [1.807, 2.05) is 29.7 Å². The zero-order valence-electron chi connectivity index (χ0n) is 20.2. The van der Waals surface area contributed by atoms with E-state index in [4.69, 9.17) is 10.7 Å². The highest BCUT2D eigenvalue weighted by molar-refractivity contribution is 6.09. The number of piperidine rings is 1. The first-order valence-corrected chi connectivity index (χ1v) is 12.2. The highest BCUT2D eigenvalue weighted by Gasteiger charge is 2.24. The molecule has 0 unspecified atom stereocenters. The summed E-state index contributed by atoms with van der Waals surface area (Å²) in [6.07, 6.45) is 6.10. The van der Waals surface area contributed by atoms with Gasteiger partial charge in [0.1, 0.15) is 0 Å². The van der Waals surface area contributed by atoms with E-state index in [9.17, 15) is 14.9 Å². The summed E-state index contributed by atoms with van der Waals surface area (Å²) in [4.78, 5) is 32.5. The number of pyridine rings is 1. The third-order valence-corrected chi connectivity index (χ3v) is 6.56. The Labute approximate surface area is 205 Å². The average molecular weight is 473 g/mol. The number of hydrogen-bond donors (Lipinski definition) is 2. The molecule has 1 aliphatic rings. The van der Waals surface area contributed by atoms with Gasteiger partial charge in [0.15, 0.2) is 5.78 Å². The number of carbonyl (C=O) groups is 2. The molecule has 182 valence electrons. The Hall–Kier alpha value is -3.54. The number of rotatable bonds is 9. The number of carbonyl (C=O) groups excluding carboxylic acids is 2. The maximum atomic E-state index is 13.5. The number of aryl methyl sites for hydroxylation is 1. The summed E-state index contributed by atoms with van der Waals surface area (Å²) in [5.41, 5.74) is 10.8. The molecule has 1 aliphatic heterocycles. The number of nitrogens with zero attached hydrogens (tertiary/aromatic N) is 4. The van der Waals surface area contributed by atoms with Crippen LogP contribution in [0.25, 0.3) is 16.7 Å². The van der Waals surface area contributed by atoms with E-state index in [0.29, 0.717) is 49.1 Å². The van der Waals surface area contributed by atoms with Gasteiger partial charge in [-0.2, -0.15) is 5.26 Å². The highest BCUT2D eigenvalue weighted by atomic mass is 16.1. The number of fused-ring (bicyclic) bond motifs is 1. The minimum absolute atomic E-state index is 0.0494. The first-order chi connectivity index (χ1) is 17.0. The molecule has 1 fully saturated rings. The summed E-state index contributed by atoms with van der Waals surface area (Å²) in [5, 5.41) is 12.0. The number of amides is 1. The second-order valence-corrected chi connectivity index (χ2v) is 9.06. The van der Waals surface area contributed by atoms with Crippen LogP contribution in [0.5, 0.6) is 0 Å². The predicted molar refractivity (Wildman–Crippen MR) is 136 cm³/mol. The molecule has 1 saturated heterocycles. The van der Waals surface area contributed by atoms with Crippen LogP contribution in [0.15, 0.2) is 36.5 Å². The summed E-state index contributed by atoms with van der Waals surface area (Å²) < 4.78 is 2.03. The van der Waals surface area contributed by atoms with E-state index >= 15 is 0 Å². The Morgan fingerprint density at radius 1 is 1.17 bits per heavy atom. The van der Waals surface area contributed by atoms with Crippen LogP contribution >= 0.6 is 0 Å². The van der Waals surface area contributed by atoms with Crippen LogP contribution in [0.4, 0.5) is 0 Å². The van der Waals surface area contributed by atoms with E-state index < -0.39 is 0 Å². The predicted octanol–water partition coefficient (Wildman–Crippen LogP) is 2.88. The van der Waals surface area contributed by atoms with Crippen LogP contribution in [0, 0.1) is 18.3 Å². The molecular formula is C27H32N6O2. The summed E-state index contributed by atoms with van der Waals surface area (Å²) in [7, 11) is 0. The molecule has 0 radical (unpaired) electrons. The lowest BCUT2D eigenvalue weighted by Crippen LogP contribution is -2.34. The summed E-state index contributed by atoms with van der Waals surface area (Å²) in [6, 6.07) is 11.5. The monoisotopic (exact) mass is 472 g/mol. The molecule has 8 nitrogen and oxygen atoms in total. The summed E-state index contributed by atoms with van der Waals surface area (Å²) in [5.74, 6) is 0.0230. The number of nitriles is 1. The van der Waals surface area contributed by atoms with E-state index in [-0.39, 0.29) is 11.7 Å². The standard InChI is InChI=1S/C27H32N6O2/c1-19-26(24(34)18-32-13-3-2-4-14-32)27-23(33(19)22-8-5-20(16-29)6-9-22)15-21(17-31-27)7-10-25(35)30-12-11-28/h5-6,8-9,15,17H,2-4,7,10-14,18,28H2,1H3,(H,30,35). The van der Waals surface area contributed by atoms with E-state index in [1.165, 1.54) is 6.42 Å². The second kappa shape index (κ2) is 11.3. The Bertz CT molecular complexity index is 1250. The Morgan fingerprint density at radius 2 is 1.91 bits per heavy atom. The molecule has 0 saturated carbocycles. The zero-order valence-corrected chi connectivity index (χ0v) is 20.2. The Morgan fingerprint density at radius 3 is 2.60 bits per heavy atom. The molecule has 0 spiro atoms. The molecule has 35 heavy (non-hydrogen) atoms. The lowest BCUT2D eigenvalue weighted by atomic mass is 10.1. The Balaban J connectivity index is 1.71. The van der Waals surface area contributed by atoms with Gasteiger partial charge in [0.25, 0.3) is 0 Å². The molecule has 0 aliphatic carbocycles. The first-order valence-electron chi connectivity index (χ1n) is 12.2. The van der Waals surface area contributed by atoms with Crippen LogP contribution < -0.4 is 11.1 Å². The maximum Gasteiger partial charge on any atom is 0.220 e. The maximum absolute atomic E-state index is 13.5. The quantitative estimate of drug-likeness (QED) is 0.463. The van der Waals surface area contributed by atoms with Crippen molar-refractivity contribution in [3.63, 3.8) is 0 Å².